The second kappa shape index (κ2) is 11.6. The molecule has 0 aliphatic heterocycles. The molecule has 0 radical (unpaired) electrons. The van der Waals surface area contributed by atoms with Crippen LogP contribution in [0.15, 0.2) is 29.4 Å². The summed E-state index contributed by atoms with van der Waals surface area (Å²) in [6, 6.07) is 6.27. The zero-order chi connectivity index (χ0) is 19.5. The van der Waals surface area contributed by atoms with Gasteiger partial charge < -0.3 is 20.1 Å². The van der Waals surface area contributed by atoms with Crippen molar-refractivity contribution in [2.45, 2.75) is 33.2 Å². The van der Waals surface area contributed by atoms with Crippen molar-refractivity contribution in [3.8, 4) is 5.75 Å². The molecule has 2 rings (SSSR count). The standard InChI is InChI=1S/C20H30N4O2S/c1-15-6-7-17(18(12-15)26-11-5-10-25-4)14-24-20(21-3)22-9-8-19-23-13-16(2)27-19/h6-7,12-13H,5,8-11,14H2,1-4H3,(H2,21,22,24). The molecule has 1 aromatic heterocycles. The van der Waals surface area contributed by atoms with E-state index in [9.17, 15) is 0 Å². The van der Waals surface area contributed by atoms with E-state index in [1.165, 1.54) is 10.4 Å². The lowest BCUT2D eigenvalue weighted by molar-refractivity contribution is 0.172. The molecule has 0 aliphatic carbocycles. The van der Waals surface area contributed by atoms with Crippen LogP contribution < -0.4 is 15.4 Å². The molecule has 0 aliphatic rings. The van der Waals surface area contributed by atoms with Crippen molar-refractivity contribution in [3.05, 3.63) is 45.4 Å². The molecule has 6 nitrogen and oxygen atoms in total. The van der Waals surface area contributed by atoms with Crippen molar-refractivity contribution in [2.24, 2.45) is 4.99 Å². The molecular formula is C20H30N4O2S. The van der Waals surface area contributed by atoms with Gasteiger partial charge in [0, 0.05) is 63.3 Å². The van der Waals surface area contributed by atoms with Crippen LogP contribution in [0.3, 0.4) is 0 Å². The minimum atomic E-state index is 0.643. The number of hydrogen-bond donors (Lipinski definition) is 2. The first kappa shape index (κ1) is 21.2. The van der Waals surface area contributed by atoms with Crippen molar-refractivity contribution in [2.75, 3.05) is 33.9 Å². The van der Waals surface area contributed by atoms with Gasteiger partial charge in [-0.1, -0.05) is 12.1 Å². The zero-order valence-corrected chi connectivity index (χ0v) is 17.5. The van der Waals surface area contributed by atoms with E-state index in [0.717, 1.165) is 41.7 Å². The van der Waals surface area contributed by atoms with Gasteiger partial charge in [0.25, 0.3) is 0 Å². The minimum absolute atomic E-state index is 0.643. The summed E-state index contributed by atoms with van der Waals surface area (Å²) < 4.78 is 11.0. The van der Waals surface area contributed by atoms with Crippen molar-refractivity contribution in [1.82, 2.24) is 15.6 Å². The number of ether oxygens (including phenoxy) is 2. The summed E-state index contributed by atoms with van der Waals surface area (Å²) >= 11 is 1.73. The summed E-state index contributed by atoms with van der Waals surface area (Å²) in [4.78, 5) is 9.92. The fourth-order valence-corrected chi connectivity index (χ4v) is 3.32. The lowest BCUT2D eigenvalue weighted by Gasteiger charge is -2.15. The van der Waals surface area contributed by atoms with E-state index in [1.807, 2.05) is 6.20 Å². The molecule has 27 heavy (non-hydrogen) atoms. The van der Waals surface area contributed by atoms with Gasteiger partial charge in [-0.2, -0.15) is 0 Å². The van der Waals surface area contributed by atoms with Crippen LogP contribution >= 0.6 is 11.3 Å². The van der Waals surface area contributed by atoms with Gasteiger partial charge in [0.05, 0.1) is 11.6 Å². The van der Waals surface area contributed by atoms with E-state index in [1.54, 1.807) is 25.5 Å². The SMILES string of the molecule is CN=C(NCCc1ncc(C)s1)NCc1ccc(C)cc1OCCCOC. The molecule has 0 atom stereocenters. The quantitative estimate of drug-likeness (QED) is 0.371. The van der Waals surface area contributed by atoms with Gasteiger partial charge >= 0.3 is 0 Å². The molecule has 1 heterocycles. The molecule has 7 heteroatoms. The van der Waals surface area contributed by atoms with Crippen LogP contribution in [0.25, 0.3) is 0 Å². The van der Waals surface area contributed by atoms with Crippen LogP contribution in [0, 0.1) is 13.8 Å². The number of guanidine groups is 1. The van der Waals surface area contributed by atoms with Gasteiger partial charge in [-0.25, -0.2) is 4.98 Å². The lowest BCUT2D eigenvalue weighted by Crippen LogP contribution is -2.37. The highest BCUT2D eigenvalue weighted by Gasteiger charge is 2.06. The third-order valence-corrected chi connectivity index (χ3v) is 4.92. The van der Waals surface area contributed by atoms with E-state index in [0.29, 0.717) is 19.8 Å². The average Bonchev–Trinajstić information content (AvgIpc) is 3.08. The number of benzene rings is 1. The monoisotopic (exact) mass is 390 g/mol. The highest BCUT2D eigenvalue weighted by Crippen LogP contribution is 2.20. The second-order valence-electron chi connectivity index (χ2n) is 6.27. The van der Waals surface area contributed by atoms with Crippen LogP contribution in [0.2, 0.25) is 0 Å². The van der Waals surface area contributed by atoms with E-state index >= 15 is 0 Å². The normalized spacial score (nSPS) is 11.5. The number of aryl methyl sites for hydroxylation is 2. The topological polar surface area (TPSA) is 67.8 Å². The number of methoxy groups -OCH3 is 1. The van der Waals surface area contributed by atoms with Crippen molar-refractivity contribution in [1.29, 1.82) is 0 Å². The number of thiazole rings is 1. The molecule has 2 N–H and O–H groups in total. The lowest BCUT2D eigenvalue weighted by atomic mass is 10.1. The Morgan fingerprint density at radius 3 is 2.78 bits per heavy atom. The van der Waals surface area contributed by atoms with Crippen LogP contribution in [0.4, 0.5) is 0 Å². The largest absolute Gasteiger partial charge is 0.493 e. The predicted octanol–water partition coefficient (Wildman–Crippen LogP) is 3.08. The Morgan fingerprint density at radius 2 is 2.07 bits per heavy atom. The molecule has 148 valence electrons. The van der Waals surface area contributed by atoms with Gasteiger partial charge in [0.15, 0.2) is 5.96 Å². The maximum Gasteiger partial charge on any atom is 0.191 e. The maximum atomic E-state index is 5.94. The van der Waals surface area contributed by atoms with Crippen LogP contribution in [0.1, 0.15) is 27.4 Å². The van der Waals surface area contributed by atoms with E-state index in [4.69, 9.17) is 9.47 Å². The molecule has 0 saturated heterocycles. The molecule has 0 unspecified atom stereocenters. The molecule has 0 saturated carbocycles. The van der Waals surface area contributed by atoms with E-state index in [2.05, 4.69) is 52.7 Å². The summed E-state index contributed by atoms with van der Waals surface area (Å²) in [7, 11) is 3.48. The van der Waals surface area contributed by atoms with Crippen LogP contribution in [-0.4, -0.2) is 44.9 Å². The molecule has 0 fully saturated rings. The summed E-state index contributed by atoms with van der Waals surface area (Å²) in [5, 5.41) is 7.83. The summed E-state index contributed by atoms with van der Waals surface area (Å²) in [5.41, 5.74) is 2.29. The Labute approximate surface area is 166 Å². The number of nitrogens with zero attached hydrogens (tertiary/aromatic N) is 2. The maximum absolute atomic E-state index is 5.94. The number of hydrogen-bond acceptors (Lipinski definition) is 5. The minimum Gasteiger partial charge on any atom is -0.493 e. The van der Waals surface area contributed by atoms with Gasteiger partial charge in [-0.15, -0.1) is 11.3 Å². The molecule has 1 aromatic carbocycles. The zero-order valence-electron chi connectivity index (χ0n) is 16.7. The summed E-state index contributed by atoms with van der Waals surface area (Å²) in [6.45, 7) is 6.93. The Hall–Kier alpha value is -2.12. The first-order valence-electron chi connectivity index (χ1n) is 9.19. The average molecular weight is 391 g/mol. The number of aliphatic imine (C=N–C) groups is 1. The smallest absolute Gasteiger partial charge is 0.191 e. The van der Waals surface area contributed by atoms with E-state index in [-0.39, 0.29) is 0 Å². The fourth-order valence-electron chi connectivity index (χ4n) is 2.53. The Kier molecular flexibility index (Phi) is 9.07. The van der Waals surface area contributed by atoms with Crippen molar-refractivity contribution in [3.63, 3.8) is 0 Å². The summed E-state index contributed by atoms with van der Waals surface area (Å²) in [5.74, 6) is 1.68. The second-order valence-corrected chi connectivity index (χ2v) is 7.59. The summed E-state index contributed by atoms with van der Waals surface area (Å²) in [6.07, 6.45) is 3.67. The van der Waals surface area contributed by atoms with Crippen LogP contribution in [0.5, 0.6) is 5.75 Å². The molecule has 0 amide bonds. The molecular weight excluding hydrogens is 360 g/mol. The molecule has 0 bridgehead atoms. The highest BCUT2D eigenvalue weighted by atomic mass is 32.1. The molecule has 0 spiro atoms. The van der Waals surface area contributed by atoms with Gasteiger partial charge in [-0.05, 0) is 25.5 Å². The predicted molar refractivity (Wildman–Crippen MR) is 112 cm³/mol. The van der Waals surface area contributed by atoms with Gasteiger partial charge in [0.2, 0.25) is 0 Å². The molecule has 2 aromatic rings. The van der Waals surface area contributed by atoms with Crippen LogP contribution in [-0.2, 0) is 17.7 Å². The number of nitrogens with one attached hydrogen (secondary N) is 2. The van der Waals surface area contributed by atoms with Gasteiger partial charge in [0.1, 0.15) is 5.75 Å². The number of rotatable bonds is 10. The Morgan fingerprint density at radius 1 is 1.22 bits per heavy atom. The first-order chi connectivity index (χ1) is 13.1. The first-order valence-corrected chi connectivity index (χ1v) is 10.0. The van der Waals surface area contributed by atoms with Crippen molar-refractivity contribution < 1.29 is 9.47 Å². The number of aromatic nitrogens is 1. The van der Waals surface area contributed by atoms with Gasteiger partial charge in [-0.3, -0.25) is 4.99 Å². The van der Waals surface area contributed by atoms with Crippen molar-refractivity contribution >= 4 is 17.3 Å². The third kappa shape index (κ3) is 7.56. The van der Waals surface area contributed by atoms with E-state index < -0.39 is 0 Å². The fraction of sp³-hybridized carbons (Fsp3) is 0.500. The highest BCUT2D eigenvalue weighted by molar-refractivity contribution is 7.11. The Bertz CT molecular complexity index is 731. The third-order valence-electron chi connectivity index (χ3n) is 3.94. The Balaban J connectivity index is 1.83.